The number of amides is 1. The molecule has 2 atom stereocenters. The highest BCUT2D eigenvalue weighted by molar-refractivity contribution is 7.89. The van der Waals surface area contributed by atoms with Crippen molar-refractivity contribution < 1.29 is 27.5 Å². The van der Waals surface area contributed by atoms with E-state index in [1.54, 1.807) is 0 Å². The maximum absolute atomic E-state index is 12.3. The summed E-state index contributed by atoms with van der Waals surface area (Å²) in [6, 6.07) is 4.09. The van der Waals surface area contributed by atoms with Gasteiger partial charge in [-0.2, -0.15) is 0 Å². The molecule has 1 fully saturated rings. The normalized spacial score (nSPS) is 18.6. The van der Waals surface area contributed by atoms with Crippen molar-refractivity contribution in [2.24, 2.45) is 0 Å². The van der Waals surface area contributed by atoms with E-state index in [9.17, 15) is 18.0 Å². The van der Waals surface area contributed by atoms with Gasteiger partial charge in [-0.15, -0.1) is 0 Å². The first-order valence-corrected chi connectivity index (χ1v) is 9.79. The van der Waals surface area contributed by atoms with E-state index in [2.05, 4.69) is 5.32 Å². The zero-order valence-corrected chi connectivity index (χ0v) is 16.3. The van der Waals surface area contributed by atoms with Crippen LogP contribution in [0.5, 0.6) is 0 Å². The molecule has 26 heavy (non-hydrogen) atoms. The highest BCUT2D eigenvalue weighted by Gasteiger charge is 2.28. The second kappa shape index (κ2) is 8.34. The lowest BCUT2D eigenvalue weighted by molar-refractivity contribution is -0.162. The lowest BCUT2D eigenvalue weighted by atomic mass is 10.2. The van der Waals surface area contributed by atoms with Crippen LogP contribution in [-0.4, -0.2) is 57.5 Å². The van der Waals surface area contributed by atoms with Crippen molar-refractivity contribution in [3.05, 3.63) is 23.2 Å². The number of halogens is 1. The molecule has 0 bridgehead atoms. The van der Waals surface area contributed by atoms with E-state index in [-0.39, 0.29) is 15.6 Å². The van der Waals surface area contributed by atoms with E-state index in [1.807, 2.05) is 0 Å². The van der Waals surface area contributed by atoms with Gasteiger partial charge in [0.2, 0.25) is 10.0 Å². The molecule has 0 aromatic heterocycles. The predicted molar refractivity (Wildman–Crippen MR) is 95.5 cm³/mol. The average Bonchev–Trinajstić information content (AvgIpc) is 3.10. The van der Waals surface area contributed by atoms with Crippen LogP contribution in [0, 0.1) is 0 Å². The lowest BCUT2D eigenvalue weighted by Crippen LogP contribution is -2.34. The Morgan fingerprint density at radius 3 is 2.65 bits per heavy atom. The van der Waals surface area contributed by atoms with Crippen molar-refractivity contribution in [2.75, 3.05) is 26.0 Å². The molecule has 1 aliphatic heterocycles. The smallest absolute Gasteiger partial charge is 0.336 e. The summed E-state index contributed by atoms with van der Waals surface area (Å²) in [5, 5.41) is 2.55. The summed E-state index contributed by atoms with van der Waals surface area (Å²) in [7, 11) is -1.01. The number of hydrogen-bond donors (Lipinski definition) is 1. The molecule has 0 aliphatic carbocycles. The van der Waals surface area contributed by atoms with Crippen LogP contribution in [-0.2, 0) is 29.1 Å². The van der Waals surface area contributed by atoms with Crippen molar-refractivity contribution in [3.63, 3.8) is 0 Å². The van der Waals surface area contributed by atoms with Gasteiger partial charge in [0.15, 0.2) is 12.2 Å². The van der Waals surface area contributed by atoms with Gasteiger partial charge in [0.1, 0.15) is 4.90 Å². The molecule has 1 saturated heterocycles. The topological polar surface area (TPSA) is 102 Å². The van der Waals surface area contributed by atoms with Gasteiger partial charge in [-0.25, -0.2) is 17.5 Å². The molecule has 0 radical (unpaired) electrons. The van der Waals surface area contributed by atoms with Crippen molar-refractivity contribution in [1.82, 2.24) is 4.31 Å². The molecule has 1 N–H and O–H groups in total. The van der Waals surface area contributed by atoms with E-state index in [4.69, 9.17) is 21.1 Å². The van der Waals surface area contributed by atoms with Crippen LogP contribution in [0.1, 0.15) is 19.8 Å². The van der Waals surface area contributed by atoms with Crippen LogP contribution in [0.15, 0.2) is 23.1 Å². The van der Waals surface area contributed by atoms with Crippen LogP contribution in [0.2, 0.25) is 5.02 Å². The maximum atomic E-state index is 12.3. The quantitative estimate of drug-likeness (QED) is 0.723. The third kappa shape index (κ3) is 4.73. The van der Waals surface area contributed by atoms with Crippen LogP contribution in [0.4, 0.5) is 5.69 Å². The Hall–Kier alpha value is -1.68. The number of benzene rings is 1. The standard InChI is InChI=1S/C16H21ClN2O6S/c1-10(25-16(21)13-5-4-8-24-13)15(20)18-11-6-7-12(17)14(9-11)26(22,23)19(2)3/h6-7,9-10,13H,4-5,8H2,1-3H3,(H,18,20)/t10-,13-/m0/s1. The first kappa shape index (κ1) is 20.6. The molecule has 0 saturated carbocycles. The van der Waals surface area contributed by atoms with Crippen molar-refractivity contribution in [1.29, 1.82) is 0 Å². The number of esters is 1. The van der Waals surface area contributed by atoms with Gasteiger partial charge in [0, 0.05) is 26.4 Å². The third-order valence-electron chi connectivity index (χ3n) is 3.81. The first-order chi connectivity index (χ1) is 12.1. The van der Waals surface area contributed by atoms with Crippen molar-refractivity contribution >= 4 is 39.2 Å². The summed E-state index contributed by atoms with van der Waals surface area (Å²) in [6.45, 7) is 1.92. The fourth-order valence-corrected chi connectivity index (χ4v) is 3.68. The van der Waals surface area contributed by atoms with E-state index in [0.29, 0.717) is 13.0 Å². The molecule has 0 unspecified atom stereocenters. The third-order valence-corrected chi connectivity index (χ3v) is 6.11. The predicted octanol–water partition coefficient (Wildman–Crippen LogP) is 1.64. The molecule has 0 spiro atoms. The van der Waals surface area contributed by atoms with E-state index >= 15 is 0 Å². The lowest BCUT2D eigenvalue weighted by Gasteiger charge is -2.17. The molecule has 1 amide bonds. The minimum atomic E-state index is -3.77. The van der Waals surface area contributed by atoms with Crippen LogP contribution in [0.25, 0.3) is 0 Å². The molecule has 10 heteroatoms. The van der Waals surface area contributed by atoms with Crippen molar-refractivity contribution in [3.8, 4) is 0 Å². The highest BCUT2D eigenvalue weighted by atomic mass is 35.5. The number of carbonyl (C=O) groups excluding carboxylic acids is 2. The number of sulfonamides is 1. The Bertz CT molecular complexity index is 790. The zero-order valence-electron chi connectivity index (χ0n) is 14.7. The highest BCUT2D eigenvalue weighted by Crippen LogP contribution is 2.27. The molecule has 1 aromatic rings. The van der Waals surface area contributed by atoms with Gasteiger partial charge in [-0.3, -0.25) is 4.79 Å². The van der Waals surface area contributed by atoms with Gasteiger partial charge in [0.05, 0.1) is 5.02 Å². The van der Waals surface area contributed by atoms with Crippen LogP contribution >= 0.6 is 11.6 Å². The van der Waals surface area contributed by atoms with Crippen LogP contribution < -0.4 is 5.32 Å². The second-order valence-electron chi connectivity index (χ2n) is 6.00. The maximum Gasteiger partial charge on any atom is 0.336 e. The number of rotatable bonds is 6. The van der Waals surface area contributed by atoms with E-state index in [1.165, 1.54) is 39.2 Å². The van der Waals surface area contributed by atoms with Crippen LogP contribution in [0.3, 0.4) is 0 Å². The van der Waals surface area contributed by atoms with E-state index < -0.39 is 34.1 Å². The molecule has 1 aliphatic rings. The molecule has 144 valence electrons. The SMILES string of the molecule is C[C@H](OC(=O)[C@@H]1CCCO1)C(=O)Nc1ccc(Cl)c(S(=O)(=O)N(C)C)c1. The van der Waals surface area contributed by atoms with Gasteiger partial charge in [-0.1, -0.05) is 11.6 Å². The summed E-state index contributed by atoms with van der Waals surface area (Å²) in [5.74, 6) is -1.18. The van der Waals surface area contributed by atoms with Gasteiger partial charge < -0.3 is 14.8 Å². The second-order valence-corrected chi connectivity index (χ2v) is 8.53. The molecule has 2 rings (SSSR count). The number of hydrogen-bond acceptors (Lipinski definition) is 6. The average molecular weight is 405 g/mol. The fourth-order valence-electron chi connectivity index (χ4n) is 2.29. The Balaban J connectivity index is 2.07. The Morgan fingerprint density at radius 2 is 2.08 bits per heavy atom. The molecular formula is C16H21ClN2O6S. The summed E-state index contributed by atoms with van der Waals surface area (Å²) in [4.78, 5) is 24.0. The van der Waals surface area contributed by atoms with Gasteiger partial charge in [-0.05, 0) is 38.0 Å². The number of anilines is 1. The molecule has 8 nitrogen and oxygen atoms in total. The van der Waals surface area contributed by atoms with Crippen molar-refractivity contribution in [2.45, 2.75) is 36.9 Å². The molecular weight excluding hydrogens is 384 g/mol. The molecule has 1 heterocycles. The number of ether oxygens (including phenoxy) is 2. The molecule has 1 aromatic carbocycles. The zero-order chi connectivity index (χ0) is 19.5. The summed E-state index contributed by atoms with van der Waals surface area (Å²) >= 11 is 5.96. The monoisotopic (exact) mass is 404 g/mol. The number of nitrogens with zero attached hydrogens (tertiary/aromatic N) is 1. The van der Waals surface area contributed by atoms with E-state index in [0.717, 1.165) is 10.7 Å². The fraction of sp³-hybridized carbons (Fsp3) is 0.500. The summed E-state index contributed by atoms with van der Waals surface area (Å²) < 4.78 is 35.9. The van der Waals surface area contributed by atoms with Gasteiger partial charge in [0.25, 0.3) is 5.91 Å². The minimum Gasteiger partial charge on any atom is -0.451 e. The Labute approximate surface area is 157 Å². The Kier molecular flexibility index (Phi) is 6.62. The summed E-state index contributed by atoms with van der Waals surface area (Å²) in [6.07, 6.45) is -0.362. The number of carbonyl (C=O) groups is 2. The summed E-state index contributed by atoms with van der Waals surface area (Å²) in [5.41, 5.74) is 0.222. The largest absolute Gasteiger partial charge is 0.451 e. The minimum absolute atomic E-state index is 0.0366. The van der Waals surface area contributed by atoms with Gasteiger partial charge >= 0.3 is 5.97 Å². The first-order valence-electron chi connectivity index (χ1n) is 7.98. The Morgan fingerprint density at radius 1 is 1.38 bits per heavy atom. The number of nitrogens with one attached hydrogen (secondary N) is 1.